The predicted octanol–water partition coefficient (Wildman–Crippen LogP) is 1.04. The molecule has 2 aromatic heterocycles. The maximum Gasteiger partial charge on any atom is 0.220 e. The minimum Gasteiger partial charge on any atom is -0.379 e. The third-order valence-corrected chi connectivity index (χ3v) is 4.74. The van der Waals surface area contributed by atoms with Crippen LogP contribution in [0.4, 0.5) is 0 Å². The van der Waals surface area contributed by atoms with E-state index in [1.54, 1.807) is 0 Å². The first-order chi connectivity index (χ1) is 12.0. The van der Waals surface area contributed by atoms with Crippen molar-refractivity contribution in [1.82, 2.24) is 24.8 Å². The second kappa shape index (κ2) is 7.93. The third-order valence-electron chi connectivity index (χ3n) is 4.74. The van der Waals surface area contributed by atoms with Crippen molar-refractivity contribution in [1.29, 1.82) is 0 Å². The van der Waals surface area contributed by atoms with Gasteiger partial charge in [0.05, 0.1) is 18.9 Å². The molecule has 2 aromatic rings. The molecule has 1 aliphatic heterocycles. The van der Waals surface area contributed by atoms with Gasteiger partial charge in [0, 0.05) is 50.1 Å². The molecule has 0 bridgehead atoms. The largest absolute Gasteiger partial charge is 0.379 e. The first kappa shape index (κ1) is 17.8. The molecule has 0 unspecified atom stereocenters. The summed E-state index contributed by atoms with van der Waals surface area (Å²) in [6, 6.07) is 1.97. The molecule has 0 saturated carbocycles. The first-order valence-electron chi connectivity index (χ1n) is 8.94. The summed E-state index contributed by atoms with van der Waals surface area (Å²) in [6.07, 6.45) is 1.15. The number of hydrogen-bond donors (Lipinski definition) is 1. The summed E-state index contributed by atoms with van der Waals surface area (Å²) in [5.74, 6) is 0.0869. The molecule has 7 nitrogen and oxygen atoms in total. The van der Waals surface area contributed by atoms with Crippen LogP contribution in [-0.2, 0) is 16.0 Å². The van der Waals surface area contributed by atoms with Crippen LogP contribution < -0.4 is 5.32 Å². The van der Waals surface area contributed by atoms with Crippen molar-refractivity contribution in [2.75, 3.05) is 39.4 Å². The second-order valence-corrected chi connectivity index (χ2v) is 6.62. The van der Waals surface area contributed by atoms with Gasteiger partial charge in [-0.1, -0.05) is 0 Å². The van der Waals surface area contributed by atoms with E-state index in [1.165, 1.54) is 0 Å². The number of fused-ring (bicyclic) bond motifs is 1. The Balaban J connectivity index is 1.52. The molecule has 0 aliphatic carbocycles. The van der Waals surface area contributed by atoms with E-state index in [0.29, 0.717) is 19.4 Å². The minimum absolute atomic E-state index is 0.0869. The monoisotopic (exact) mass is 345 g/mol. The van der Waals surface area contributed by atoms with E-state index in [9.17, 15) is 4.79 Å². The highest BCUT2D eigenvalue weighted by atomic mass is 16.5. The van der Waals surface area contributed by atoms with Crippen LogP contribution in [0.5, 0.6) is 0 Å². The normalized spacial score (nSPS) is 15.6. The van der Waals surface area contributed by atoms with Crippen molar-refractivity contribution in [2.45, 2.75) is 33.6 Å². The summed E-state index contributed by atoms with van der Waals surface area (Å²) in [4.78, 5) is 19.1. The average molecular weight is 345 g/mol. The lowest BCUT2D eigenvalue weighted by atomic mass is 10.1. The second-order valence-electron chi connectivity index (χ2n) is 6.62. The fraction of sp³-hybridized carbons (Fsp3) is 0.611. The summed E-state index contributed by atoms with van der Waals surface area (Å²) in [7, 11) is 0. The Morgan fingerprint density at radius 2 is 2.04 bits per heavy atom. The Kier molecular flexibility index (Phi) is 5.65. The zero-order valence-corrected chi connectivity index (χ0v) is 15.3. The van der Waals surface area contributed by atoms with Gasteiger partial charge in [0.25, 0.3) is 0 Å². The molecule has 0 aromatic carbocycles. The van der Waals surface area contributed by atoms with Crippen LogP contribution in [0, 0.1) is 20.8 Å². The molecule has 1 aliphatic rings. The van der Waals surface area contributed by atoms with Gasteiger partial charge in [-0.15, -0.1) is 0 Å². The van der Waals surface area contributed by atoms with Crippen LogP contribution in [0.2, 0.25) is 0 Å². The molecule has 3 heterocycles. The van der Waals surface area contributed by atoms with Gasteiger partial charge in [0.15, 0.2) is 5.65 Å². The Morgan fingerprint density at radius 1 is 1.28 bits per heavy atom. The lowest BCUT2D eigenvalue weighted by Gasteiger charge is -2.26. The molecule has 0 spiro atoms. The van der Waals surface area contributed by atoms with Gasteiger partial charge in [-0.3, -0.25) is 9.69 Å². The van der Waals surface area contributed by atoms with Crippen molar-refractivity contribution < 1.29 is 9.53 Å². The van der Waals surface area contributed by atoms with Gasteiger partial charge >= 0.3 is 0 Å². The number of rotatable bonds is 6. The number of amides is 1. The molecule has 7 heteroatoms. The Morgan fingerprint density at radius 3 is 2.80 bits per heavy atom. The maximum absolute atomic E-state index is 12.2. The smallest absolute Gasteiger partial charge is 0.220 e. The molecular weight excluding hydrogens is 318 g/mol. The number of ether oxygens (including phenoxy) is 1. The number of morpholine rings is 1. The van der Waals surface area contributed by atoms with Gasteiger partial charge < -0.3 is 10.1 Å². The third kappa shape index (κ3) is 4.35. The molecular formula is C18H27N5O2. The Labute approximate surface area is 148 Å². The summed E-state index contributed by atoms with van der Waals surface area (Å²) in [6.45, 7) is 11.0. The molecule has 1 amide bonds. The van der Waals surface area contributed by atoms with Gasteiger partial charge in [0.2, 0.25) is 5.91 Å². The molecule has 25 heavy (non-hydrogen) atoms. The number of carbonyl (C=O) groups excluding carboxylic acids is 1. The van der Waals surface area contributed by atoms with Crippen molar-refractivity contribution >= 4 is 11.6 Å². The summed E-state index contributed by atoms with van der Waals surface area (Å²) < 4.78 is 7.20. The van der Waals surface area contributed by atoms with Crippen LogP contribution in [0.15, 0.2) is 6.07 Å². The predicted molar refractivity (Wildman–Crippen MR) is 95.8 cm³/mol. The van der Waals surface area contributed by atoms with Crippen molar-refractivity contribution in [3.05, 3.63) is 28.7 Å². The Hall–Kier alpha value is -1.99. The topological polar surface area (TPSA) is 71.8 Å². The highest BCUT2D eigenvalue weighted by Gasteiger charge is 2.13. The van der Waals surface area contributed by atoms with Crippen molar-refractivity contribution in [3.63, 3.8) is 0 Å². The molecule has 136 valence electrons. The summed E-state index contributed by atoms with van der Waals surface area (Å²) >= 11 is 0. The summed E-state index contributed by atoms with van der Waals surface area (Å²) in [5, 5.41) is 7.50. The van der Waals surface area contributed by atoms with Crippen LogP contribution in [0.1, 0.15) is 29.1 Å². The number of nitrogens with one attached hydrogen (secondary N) is 1. The summed E-state index contributed by atoms with van der Waals surface area (Å²) in [5.41, 5.74) is 4.97. The van der Waals surface area contributed by atoms with E-state index >= 15 is 0 Å². The average Bonchev–Trinajstić information content (AvgIpc) is 2.96. The van der Waals surface area contributed by atoms with E-state index < -0.39 is 0 Å². The molecule has 1 saturated heterocycles. The fourth-order valence-electron chi connectivity index (χ4n) is 3.31. The lowest BCUT2D eigenvalue weighted by Crippen LogP contribution is -2.41. The quantitative estimate of drug-likeness (QED) is 0.847. The van der Waals surface area contributed by atoms with Crippen LogP contribution in [0.25, 0.3) is 5.65 Å². The Bertz CT molecular complexity index is 749. The number of hydrogen-bond acceptors (Lipinski definition) is 5. The highest BCUT2D eigenvalue weighted by molar-refractivity contribution is 5.76. The van der Waals surface area contributed by atoms with E-state index in [4.69, 9.17) is 4.74 Å². The molecule has 1 fully saturated rings. The minimum atomic E-state index is 0.0869. The van der Waals surface area contributed by atoms with Gasteiger partial charge in [-0.2, -0.15) is 5.10 Å². The maximum atomic E-state index is 12.2. The molecule has 1 N–H and O–H groups in total. The lowest BCUT2D eigenvalue weighted by molar-refractivity contribution is -0.121. The van der Waals surface area contributed by atoms with Crippen molar-refractivity contribution in [2.24, 2.45) is 0 Å². The number of aromatic nitrogens is 3. The standard InChI is InChI=1S/C18H27N5O2/c1-13-12-17-20-14(2)16(15(3)23(17)21-13)4-5-18(24)19-6-7-22-8-10-25-11-9-22/h12H,4-11H2,1-3H3,(H,19,24). The van der Waals surface area contributed by atoms with Gasteiger partial charge in [0.1, 0.15) is 0 Å². The number of carbonyl (C=O) groups is 1. The van der Waals surface area contributed by atoms with Gasteiger partial charge in [-0.05, 0) is 32.8 Å². The number of nitrogens with zero attached hydrogens (tertiary/aromatic N) is 4. The van der Waals surface area contributed by atoms with Crippen molar-refractivity contribution in [3.8, 4) is 0 Å². The SMILES string of the molecule is Cc1cc2nc(C)c(CCC(=O)NCCN3CCOCC3)c(C)n2n1. The first-order valence-corrected chi connectivity index (χ1v) is 8.94. The van der Waals surface area contributed by atoms with Crippen LogP contribution in [-0.4, -0.2) is 64.8 Å². The van der Waals surface area contributed by atoms with E-state index in [2.05, 4.69) is 20.3 Å². The molecule has 0 atom stereocenters. The molecule has 0 radical (unpaired) electrons. The van der Waals surface area contributed by atoms with Crippen LogP contribution in [0.3, 0.4) is 0 Å². The zero-order valence-electron chi connectivity index (χ0n) is 15.3. The van der Waals surface area contributed by atoms with E-state index in [-0.39, 0.29) is 5.91 Å². The highest BCUT2D eigenvalue weighted by Crippen LogP contribution is 2.16. The van der Waals surface area contributed by atoms with E-state index in [1.807, 2.05) is 31.4 Å². The van der Waals surface area contributed by atoms with E-state index in [0.717, 1.165) is 61.1 Å². The van der Waals surface area contributed by atoms with Crippen LogP contribution >= 0.6 is 0 Å². The van der Waals surface area contributed by atoms with Gasteiger partial charge in [-0.25, -0.2) is 9.50 Å². The zero-order chi connectivity index (χ0) is 17.8. The fourth-order valence-corrected chi connectivity index (χ4v) is 3.31. The molecule has 3 rings (SSSR count). The number of aryl methyl sites for hydroxylation is 3.